The van der Waals surface area contributed by atoms with Gasteiger partial charge in [0.15, 0.2) is 5.17 Å². The summed E-state index contributed by atoms with van der Waals surface area (Å²) in [6.45, 7) is 4.26. The van der Waals surface area contributed by atoms with Crippen molar-refractivity contribution >= 4 is 46.1 Å². The lowest BCUT2D eigenvalue weighted by Crippen LogP contribution is -2.34. The van der Waals surface area contributed by atoms with Gasteiger partial charge in [0.2, 0.25) is 11.8 Å². The molecule has 0 aliphatic carbocycles. The minimum Gasteiger partial charge on any atom is -0.462 e. The lowest BCUT2D eigenvalue weighted by atomic mass is 10.2. The summed E-state index contributed by atoms with van der Waals surface area (Å²) >= 11 is 1.06. The van der Waals surface area contributed by atoms with Crippen LogP contribution in [-0.2, 0) is 20.5 Å². The van der Waals surface area contributed by atoms with Gasteiger partial charge in [-0.25, -0.2) is 9.79 Å². The van der Waals surface area contributed by atoms with Crippen LogP contribution in [0.2, 0.25) is 0 Å². The van der Waals surface area contributed by atoms with Gasteiger partial charge in [-0.2, -0.15) is 13.2 Å². The molecule has 1 saturated heterocycles. The fraction of sp³-hybridized carbons (Fsp3) is 0.360. The van der Waals surface area contributed by atoms with Gasteiger partial charge in [0.1, 0.15) is 5.25 Å². The first kappa shape index (κ1) is 27.3. The molecule has 2 amide bonds. The minimum absolute atomic E-state index is 0.0772. The van der Waals surface area contributed by atoms with Crippen LogP contribution in [0.1, 0.15) is 49.0 Å². The maximum Gasteiger partial charge on any atom is 0.416 e. The predicted molar refractivity (Wildman–Crippen MR) is 132 cm³/mol. The van der Waals surface area contributed by atoms with Crippen molar-refractivity contribution < 1.29 is 32.3 Å². The number of carbonyl (C=O) groups excluding carboxylic acids is 3. The molecule has 3 rings (SSSR count). The summed E-state index contributed by atoms with van der Waals surface area (Å²) in [7, 11) is 0. The SMILES string of the molecule is CCCCN1C(=O)[C@H](CC(=O)Nc2ccc(C(=O)OCC)cc2)SC1=Nc1cccc(C(F)(F)F)c1. The Morgan fingerprint density at radius 2 is 1.86 bits per heavy atom. The Bertz CT molecular complexity index is 1140. The van der Waals surface area contributed by atoms with Crippen molar-refractivity contribution in [3.05, 3.63) is 59.7 Å². The maximum absolute atomic E-state index is 13.1. The molecule has 1 fully saturated rings. The molecule has 36 heavy (non-hydrogen) atoms. The fourth-order valence-corrected chi connectivity index (χ4v) is 4.58. The van der Waals surface area contributed by atoms with E-state index in [1.165, 1.54) is 29.2 Å². The van der Waals surface area contributed by atoms with Gasteiger partial charge in [-0.1, -0.05) is 31.2 Å². The van der Waals surface area contributed by atoms with E-state index in [0.717, 1.165) is 30.3 Å². The van der Waals surface area contributed by atoms with Crippen molar-refractivity contribution in [2.24, 2.45) is 4.99 Å². The van der Waals surface area contributed by atoms with Crippen LogP contribution < -0.4 is 5.32 Å². The quantitative estimate of drug-likeness (QED) is 0.432. The van der Waals surface area contributed by atoms with Crippen LogP contribution in [0.3, 0.4) is 0 Å². The molecule has 7 nitrogen and oxygen atoms in total. The second-order valence-electron chi connectivity index (χ2n) is 7.94. The fourth-order valence-electron chi connectivity index (χ4n) is 3.39. The third-order valence-electron chi connectivity index (χ3n) is 5.20. The van der Waals surface area contributed by atoms with E-state index in [0.29, 0.717) is 24.2 Å². The van der Waals surface area contributed by atoms with E-state index >= 15 is 0 Å². The van der Waals surface area contributed by atoms with Crippen LogP contribution in [0.5, 0.6) is 0 Å². The summed E-state index contributed by atoms with van der Waals surface area (Å²) in [5.41, 5.74) is 0.0414. The van der Waals surface area contributed by atoms with Crippen molar-refractivity contribution in [1.82, 2.24) is 4.90 Å². The molecule has 0 saturated carbocycles. The van der Waals surface area contributed by atoms with Crippen LogP contribution in [0, 0.1) is 0 Å². The highest BCUT2D eigenvalue weighted by Crippen LogP contribution is 2.35. The van der Waals surface area contributed by atoms with Gasteiger partial charge < -0.3 is 10.1 Å². The van der Waals surface area contributed by atoms with Gasteiger partial charge in [-0.15, -0.1) is 0 Å². The number of amidine groups is 1. The Morgan fingerprint density at radius 1 is 1.14 bits per heavy atom. The molecule has 1 heterocycles. The minimum atomic E-state index is -4.51. The number of hydrogen-bond acceptors (Lipinski definition) is 6. The predicted octanol–water partition coefficient (Wildman–Crippen LogP) is 5.64. The molecule has 1 atom stereocenters. The second kappa shape index (κ2) is 12.1. The summed E-state index contributed by atoms with van der Waals surface area (Å²) in [5, 5.41) is 2.20. The van der Waals surface area contributed by atoms with E-state index in [1.807, 2.05) is 6.92 Å². The monoisotopic (exact) mass is 521 g/mol. The zero-order valence-electron chi connectivity index (χ0n) is 19.8. The molecule has 2 aromatic carbocycles. The van der Waals surface area contributed by atoms with E-state index in [2.05, 4.69) is 10.3 Å². The topological polar surface area (TPSA) is 88.1 Å². The Kier molecular flexibility index (Phi) is 9.14. The second-order valence-corrected chi connectivity index (χ2v) is 9.11. The number of thioether (sulfide) groups is 1. The molecule has 0 aromatic heterocycles. The normalized spacial score (nSPS) is 16.9. The lowest BCUT2D eigenvalue weighted by Gasteiger charge is -2.16. The number of anilines is 1. The number of aliphatic imine (C=N–C) groups is 1. The maximum atomic E-state index is 13.1. The molecule has 1 aliphatic heterocycles. The molecule has 1 aliphatic rings. The average Bonchev–Trinajstić information content (AvgIpc) is 3.11. The number of alkyl halides is 3. The van der Waals surface area contributed by atoms with Crippen molar-refractivity contribution in [2.45, 2.75) is 44.5 Å². The average molecular weight is 522 g/mol. The third-order valence-corrected chi connectivity index (χ3v) is 6.38. The molecule has 2 aromatic rings. The van der Waals surface area contributed by atoms with E-state index in [4.69, 9.17) is 4.74 Å². The number of benzene rings is 2. The van der Waals surface area contributed by atoms with Gasteiger partial charge in [0.25, 0.3) is 0 Å². The Morgan fingerprint density at radius 3 is 2.50 bits per heavy atom. The number of nitrogens with zero attached hydrogens (tertiary/aromatic N) is 2. The van der Waals surface area contributed by atoms with Crippen molar-refractivity contribution in [3.63, 3.8) is 0 Å². The van der Waals surface area contributed by atoms with E-state index in [9.17, 15) is 27.6 Å². The van der Waals surface area contributed by atoms with Crippen molar-refractivity contribution in [3.8, 4) is 0 Å². The molecule has 11 heteroatoms. The summed E-state index contributed by atoms with van der Waals surface area (Å²) in [6, 6.07) is 10.7. The van der Waals surface area contributed by atoms with Crippen LogP contribution in [-0.4, -0.2) is 46.3 Å². The standard InChI is InChI=1S/C25H26F3N3O4S/c1-3-5-13-31-22(33)20(36-24(31)30-19-8-6-7-17(14-19)25(26,27)28)15-21(32)29-18-11-9-16(10-12-18)23(34)35-4-2/h6-12,14,20H,3-5,13,15H2,1-2H3,(H,29,32)/t20-/m0/s1. The number of esters is 1. The smallest absolute Gasteiger partial charge is 0.416 e. The summed E-state index contributed by atoms with van der Waals surface area (Å²) in [6.07, 6.45) is -3.17. The van der Waals surface area contributed by atoms with Gasteiger partial charge >= 0.3 is 12.1 Å². The number of unbranched alkanes of at least 4 members (excludes halogenated alkanes) is 1. The molecular formula is C25H26F3N3O4S. The highest BCUT2D eigenvalue weighted by Gasteiger charge is 2.39. The first-order chi connectivity index (χ1) is 17.1. The molecule has 0 radical (unpaired) electrons. The van der Waals surface area contributed by atoms with Gasteiger partial charge in [0.05, 0.1) is 23.4 Å². The van der Waals surface area contributed by atoms with E-state index < -0.39 is 28.9 Å². The van der Waals surface area contributed by atoms with Crippen molar-refractivity contribution in [2.75, 3.05) is 18.5 Å². The number of hydrogen-bond donors (Lipinski definition) is 1. The Hall–Kier alpha value is -3.34. The zero-order valence-corrected chi connectivity index (χ0v) is 20.6. The van der Waals surface area contributed by atoms with Gasteiger partial charge in [0, 0.05) is 18.7 Å². The van der Waals surface area contributed by atoms with Crippen LogP contribution in [0.4, 0.5) is 24.5 Å². The molecule has 0 bridgehead atoms. The Labute approximate surface area is 211 Å². The highest BCUT2D eigenvalue weighted by molar-refractivity contribution is 8.15. The summed E-state index contributed by atoms with van der Waals surface area (Å²) in [5.74, 6) is -1.20. The Balaban J connectivity index is 1.72. The first-order valence-corrected chi connectivity index (χ1v) is 12.3. The molecule has 0 spiro atoms. The molecular weight excluding hydrogens is 495 g/mol. The summed E-state index contributed by atoms with van der Waals surface area (Å²) in [4.78, 5) is 43.1. The highest BCUT2D eigenvalue weighted by atomic mass is 32.2. The molecule has 192 valence electrons. The largest absolute Gasteiger partial charge is 0.462 e. The van der Waals surface area contributed by atoms with Gasteiger partial charge in [-0.3, -0.25) is 14.5 Å². The van der Waals surface area contributed by atoms with Crippen LogP contribution in [0.15, 0.2) is 53.5 Å². The first-order valence-electron chi connectivity index (χ1n) is 11.4. The van der Waals surface area contributed by atoms with Gasteiger partial charge in [-0.05, 0) is 55.8 Å². The third kappa shape index (κ3) is 7.09. The van der Waals surface area contributed by atoms with Crippen LogP contribution in [0.25, 0.3) is 0 Å². The number of rotatable bonds is 9. The van der Waals surface area contributed by atoms with E-state index in [-0.39, 0.29) is 29.8 Å². The molecule has 0 unspecified atom stereocenters. The molecule has 1 N–H and O–H groups in total. The van der Waals surface area contributed by atoms with Crippen LogP contribution >= 0.6 is 11.8 Å². The van der Waals surface area contributed by atoms with Crippen molar-refractivity contribution in [1.29, 1.82) is 0 Å². The number of nitrogens with one attached hydrogen (secondary N) is 1. The number of carbonyl (C=O) groups is 3. The number of halogens is 3. The lowest BCUT2D eigenvalue weighted by molar-refractivity contribution is -0.137. The zero-order chi connectivity index (χ0) is 26.3. The summed E-state index contributed by atoms with van der Waals surface area (Å²) < 4.78 is 44.2. The number of ether oxygens (including phenoxy) is 1. The number of amides is 2. The van der Waals surface area contributed by atoms with E-state index in [1.54, 1.807) is 19.1 Å².